The Morgan fingerprint density at radius 1 is 1.04 bits per heavy atom. The van der Waals surface area contributed by atoms with Crippen molar-refractivity contribution >= 4 is 17.9 Å². The molecule has 1 atom stereocenters. The number of ether oxygens (including phenoxy) is 3. The van der Waals surface area contributed by atoms with Crippen molar-refractivity contribution in [2.45, 2.75) is 84.5 Å². The molecule has 5 rings (SSSR count). The number of benzene rings is 1. The van der Waals surface area contributed by atoms with Gasteiger partial charge in [0.1, 0.15) is 0 Å². The second-order valence-electron chi connectivity index (χ2n) is 13.2. The van der Waals surface area contributed by atoms with Gasteiger partial charge in [0, 0.05) is 36.7 Å². The van der Waals surface area contributed by atoms with Crippen molar-refractivity contribution in [2.75, 3.05) is 26.2 Å². The van der Waals surface area contributed by atoms with Gasteiger partial charge in [0.15, 0.2) is 29.1 Å². The highest BCUT2D eigenvalue weighted by Crippen LogP contribution is 2.38. The van der Waals surface area contributed by atoms with Gasteiger partial charge in [-0.25, -0.2) is 9.78 Å². The second kappa shape index (κ2) is 13.6. The van der Waals surface area contributed by atoms with Crippen LogP contribution in [0.3, 0.4) is 0 Å². The standard InChI is InChI=1S/C32H42F2N4O7/c1-18(43-31(41)37-32(2,3)4)26-25(27(39)35-16-19-11-13-38(14-12-19)29(40)21-7-8-21)36-28(45-26)22-9-10-23(44-30(33)34)24(15-22)42-17-20-5-6-20/h9-10,15,18-21,30H,5-8,11-14,16-17H2,1-4H3,(H,35,39)(H,37,41)/t18-/m0/s1. The Morgan fingerprint density at radius 3 is 2.38 bits per heavy atom. The van der Waals surface area contributed by atoms with E-state index in [9.17, 15) is 23.2 Å². The van der Waals surface area contributed by atoms with Crippen molar-refractivity contribution in [3.63, 3.8) is 0 Å². The summed E-state index contributed by atoms with van der Waals surface area (Å²) in [5.74, 6) is 0.489. The van der Waals surface area contributed by atoms with E-state index in [-0.39, 0.29) is 46.6 Å². The average molecular weight is 633 g/mol. The maximum absolute atomic E-state index is 13.5. The quantitative estimate of drug-likeness (QED) is 0.305. The number of likely N-dealkylation sites (tertiary alicyclic amines) is 1. The fourth-order valence-electron chi connectivity index (χ4n) is 5.15. The van der Waals surface area contributed by atoms with Crippen LogP contribution in [0.2, 0.25) is 0 Å². The van der Waals surface area contributed by atoms with E-state index in [1.165, 1.54) is 18.2 Å². The topological polar surface area (TPSA) is 132 Å². The Hall–Kier alpha value is -3.90. The number of nitrogens with zero attached hydrogens (tertiary/aromatic N) is 2. The lowest BCUT2D eigenvalue weighted by atomic mass is 9.96. The zero-order chi connectivity index (χ0) is 32.3. The number of nitrogens with one attached hydrogen (secondary N) is 2. The molecule has 1 aliphatic heterocycles. The molecular formula is C32H42F2N4O7. The normalized spacial score (nSPS) is 18.0. The van der Waals surface area contributed by atoms with Gasteiger partial charge in [0.05, 0.1) is 6.61 Å². The molecule has 1 aromatic heterocycles. The van der Waals surface area contributed by atoms with E-state index in [2.05, 4.69) is 20.4 Å². The minimum Gasteiger partial charge on any atom is -0.489 e. The molecule has 0 bridgehead atoms. The van der Waals surface area contributed by atoms with Crippen LogP contribution >= 0.6 is 0 Å². The highest BCUT2D eigenvalue weighted by molar-refractivity contribution is 5.94. The maximum Gasteiger partial charge on any atom is 0.408 e. The molecule has 11 nitrogen and oxygen atoms in total. The van der Waals surface area contributed by atoms with Gasteiger partial charge in [-0.1, -0.05) is 0 Å². The van der Waals surface area contributed by atoms with Crippen LogP contribution in [0.4, 0.5) is 13.6 Å². The Labute approximate surface area is 261 Å². The molecule has 3 fully saturated rings. The number of hydrogen-bond donors (Lipinski definition) is 2. The van der Waals surface area contributed by atoms with E-state index < -0.39 is 30.3 Å². The molecule has 3 amide bonds. The van der Waals surface area contributed by atoms with Crippen molar-refractivity contribution in [3.05, 3.63) is 29.7 Å². The third kappa shape index (κ3) is 9.07. The number of alkyl carbamates (subject to hydrolysis) is 1. The average Bonchev–Trinajstić information content (AvgIpc) is 3.92. The lowest BCUT2D eigenvalue weighted by Gasteiger charge is -2.32. The summed E-state index contributed by atoms with van der Waals surface area (Å²) in [5.41, 5.74) is -0.251. The van der Waals surface area contributed by atoms with Gasteiger partial charge in [-0.15, -0.1) is 0 Å². The molecule has 1 saturated heterocycles. The predicted molar refractivity (Wildman–Crippen MR) is 159 cm³/mol. The van der Waals surface area contributed by atoms with Gasteiger partial charge in [0.25, 0.3) is 5.91 Å². The SMILES string of the molecule is C[C@H](OC(=O)NC(C)(C)C)c1oc(-c2ccc(OC(F)F)c(OCC3CC3)c2)nc1C(=O)NCC1CCN(C(=O)C2CC2)CC1. The molecule has 2 aliphatic carbocycles. The summed E-state index contributed by atoms with van der Waals surface area (Å²) in [4.78, 5) is 44.8. The molecule has 45 heavy (non-hydrogen) atoms. The number of hydrogen-bond acceptors (Lipinski definition) is 8. The van der Waals surface area contributed by atoms with Crippen molar-refractivity contribution in [3.8, 4) is 23.0 Å². The van der Waals surface area contributed by atoms with Gasteiger partial charge < -0.3 is 34.2 Å². The highest BCUT2D eigenvalue weighted by atomic mass is 19.3. The number of carbonyl (C=O) groups excluding carboxylic acids is 3. The number of rotatable bonds is 12. The van der Waals surface area contributed by atoms with Crippen LogP contribution in [0.5, 0.6) is 11.5 Å². The lowest BCUT2D eigenvalue weighted by molar-refractivity contribution is -0.133. The molecule has 2 aromatic rings. The molecule has 3 aliphatic rings. The zero-order valence-electron chi connectivity index (χ0n) is 26.2. The molecule has 0 radical (unpaired) electrons. The predicted octanol–water partition coefficient (Wildman–Crippen LogP) is 5.70. The Bertz CT molecular complexity index is 1380. The van der Waals surface area contributed by atoms with Crippen LogP contribution in [-0.2, 0) is 9.53 Å². The minimum absolute atomic E-state index is 0.0218. The van der Waals surface area contributed by atoms with Crippen molar-refractivity contribution < 1.29 is 41.8 Å². The highest BCUT2D eigenvalue weighted by Gasteiger charge is 2.35. The van der Waals surface area contributed by atoms with Gasteiger partial charge >= 0.3 is 12.7 Å². The summed E-state index contributed by atoms with van der Waals surface area (Å²) in [7, 11) is 0. The molecular weight excluding hydrogens is 590 g/mol. The summed E-state index contributed by atoms with van der Waals surface area (Å²) in [6, 6.07) is 4.30. The van der Waals surface area contributed by atoms with Crippen LogP contribution in [0.1, 0.15) is 88.6 Å². The fraction of sp³-hybridized carbons (Fsp3) is 0.625. The minimum atomic E-state index is -3.04. The number of carbonyl (C=O) groups is 3. The van der Waals surface area contributed by atoms with E-state index in [0.29, 0.717) is 37.7 Å². The Morgan fingerprint density at radius 2 is 1.76 bits per heavy atom. The number of oxazole rings is 1. The van der Waals surface area contributed by atoms with Gasteiger partial charge in [-0.05, 0) is 96.3 Å². The van der Waals surface area contributed by atoms with Crippen LogP contribution in [0.25, 0.3) is 11.5 Å². The van der Waals surface area contributed by atoms with E-state index in [1.54, 1.807) is 27.7 Å². The number of amides is 3. The first kappa shape index (κ1) is 32.5. The monoisotopic (exact) mass is 632 g/mol. The maximum atomic E-state index is 13.5. The molecule has 2 heterocycles. The Balaban J connectivity index is 1.33. The summed E-state index contributed by atoms with van der Waals surface area (Å²) >= 11 is 0. The van der Waals surface area contributed by atoms with Crippen LogP contribution < -0.4 is 20.1 Å². The number of halogens is 2. The molecule has 13 heteroatoms. The number of alkyl halides is 2. The summed E-state index contributed by atoms with van der Waals surface area (Å²) in [6.07, 6.45) is 3.82. The van der Waals surface area contributed by atoms with E-state index in [0.717, 1.165) is 38.5 Å². The third-order valence-corrected chi connectivity index (χ3v) is 7.98. The summed E-state index contributed by atoms with van der Waals surface area (Å²) < 4.78 is 48.1. The first-order chi connectivity index (χ1) is 21.4. The molecule has 2 saturated carbocycles. The van der Waals surface area contributed by atoms with Crippen molar-refractivity contribution in [2.24, 2.45) is 17.8 Å². The lowest BCUT2D eigenvalue weighted by Crippen LogP contribution is -2.42. The Kier molecular flexibility index (Phi) is 9.83. The van der Waals surface area contributed by atoms with Gasteiger partial charge in [-0.2, -0.15) is 8.78 Å². The van der Waals surface area contributed by atoms with E-state index in [4.69, 9.17) is 13.9 Å². The van der Waals surface area contributed by atoms with Gasteiger partial charge in [-0.3, -0.25) is 9.59 Å². The molecule has 0 unspecified atom stereocenters. The summed E-state index contributed by atoms with van der Waals surface area (Å²) in [6.45, 7) is 6.02. The first-order valence-electron chi connectivity index (χ1n) is 15.6. The largest absolute Gasteiger partial charge is 0.489 e. The van der Waals surface area contributed by atoms with Crippen LogP contribution in [-0.4, -0.2) is 66.2 Å². The molecule has 0 spiro atoms. The van der Waals surface area contributed by atoms with Gasteiger partial charge in [0.2, 0.25) is 11.8 Å². The second-order valence-corrected chi connectivity index (χ2v) is 13.2. The number of piperidine rings is 1. The summed E-state index contributed by atoms with van der Waals surface area (Å²) in [5, 5.41) is 5.64. The third-order valence-electron chi connectivity index (χ3n) is 7.98. The number of aromatic nitrogens is 1. The van der Waals surface area contributed by atoms with Crippen molar-refractivity contribution in [1.82, 2.24) is 20.5 Å². The van der Waals surface area contributed by atoms with Crippen LogP contribution in [0, 0.1) is 17.8 Å². The molecule has 246 valence electrons. The smallest absolute Gasteiger partial charge is 0.408 e. The fourth-order valence-corrected chi connectivity index (χ4v) is 5.15. The van der Waals surface area contributed by atoms with E-state index >= 15 is 0 Å². The van der Waals surface area contributed by atoms with Crippen molar-refractivity contribution in [1.29, 1.82) is 0 Å². The van der Waals surface area contributed by atoms with Crippen LogP contribution in [0.15, 0.2) is 22.6 Å². The zero-order valence-corrected chi connectivity index (χ0v) is 26.2. The molecule has 2 N–H and O–H groups in total. The van der Waals surface area contributed by atoms with E-state index in [1.807, 2.05) is 4.90 Å². The first-order valence-corrected chi connectivity index (χ1v) is 15.6. The molecule has 1 aromatic carbocycles.